The van der Waals surface area contributed by atoms with Gasteiger partial charge in [-0.1, -0.05) is 13.8 Å². The predicted octanol–water partition coefficient (Wildman–Crippen LogP) is 3.61. The molecule has 3 nitrogen and oxygen atoms in total. The summed E-state index contributed by atoms with van der Waals surface area (Å²) in [5.41, 5.74) is 6.60. The second-order valence-corrected chi connectivity index (χ2v) is 5.90. The molecule has 0 aliphatic rings. The van der Waals surface area contributed by atoms with Crippen LogP contribution >= 0.6 is 11.3 Å². The summed E-state index contributed by atoms with van der Waals surface area (Å²) in [7, 11) is 0. The molecule has 0 aromatic carbocycles. The van der Waals surface area contributed by atoms with Gasteiger partial charge in [0.15, 0.2) is 0 Å². The van der Waals surface area contributed by atoms with Gasteiger partial charge in [-0.05, 0) is 12.3 Å². The van der Waals surface area contributed by atoms with E-state index < -0.39 is 19.0 Å². The van der Waals surface area contributed by atoms with Crippen molar-refractivity contribution in [3.63, 3.8) is 0 Å². The number of rotatable bonds is 8. The molecule has 0 radical (unpaired) electrons. The van der Waals surface area contributed by atoms with E-state index in [-0.39, 0.29) is 12.6 Å². The second-order valence-electron chi connectivity index (χ2n) is 4.96. The largest absolute Gasteiger partial charge is 0.368 e. The van der Waals surface area contributed by atoms with Crippen molar-refractivity contribution in [3.8, 4) is 0 Å². The first-order valence-electron chi connectivity index (χ1n) is 6.16. The first kappa shape index (κ1) is 17.3. The molecule has 0 fully saturated rings. The summed E-state index contributed by atoms with van der Waals surface area (Å²) in [6, 6.07) is -0.220. The van der Waals surface area contributed by atoms with E-state index in [1.807, 2.05) is 13.8 Å². The first-order chi connectivity index (χ1) is 9.22. The number of nitrogens with zero attached hydrogens (tertiary/aromatic N) is 1. The van der Waals surface area contributed by atoms with Gasteiger partial charge in [-0.25, -0.2) is 13.8 Å². The molecule has 0 aliphatic heterocycles. The number of ether oxygens (including phenoxy) is 1. The lowest BCUT2D eigenvalue weighted by Crippen LogP contribution is -2.32. The highest BCUT2D eigenvalue weighted by Crippen LogP contribution is 2.24. The third-order valence-corrected chi connectivity index (χ3v) is 3.35. The molecule has 1 unspecified atom stereocenters. The number of halogens is 4. The van der Waals surface area contributed by atoms with E-state index in [4.69, 9.17) is 5.73 Å². The number of hydrogen-bond acceptors (Lipinski definition) is 4. The molecule has 0 amide bonds. The van der Waals surface area contributed by atoms with E-state index in [1.54, 1.807) is 5.38 Å². The topological polar surface area (TPSA) is 48.1 Å². The van der Waals surface area contributed by atoms with Gasteiger partial charge in [-0.2, -0.15) is 8.78 Å². The van der Waals surface area contributed by atoms with Crippen LogP contribution in [0.1, 0.15) is 37.0 Å². The maximum Gasteiger partial charge on any atom is 0.330 e. The summed E-state index contributed by atoms with van der Waals surface area (Å²) in [6.07, 6.45) is -2.97. The Balaban J connectivity index is 2.45. The quantitative estimate of drug-likeness (QED) is 0.746. The lowest BCUT2D eigenvalue weighted by molar-refractivity contribution is -0.168. The summed E-state index contributed by atoms with van der Waals surface area (Å²) >= 11 is 1.22. The summed E-state index contributed by atoms with van der Waals surface area (Å²) in [6.45, 7) is 2.52. The standard InChI is InChI=1S/C12H18F4N2OS/c1-7(2)3-8(17)9-5-20-10(18-9)4-19-6-12(15,16)11(13)14/h5,7-8,11H,3-4,6,17H2,1-2H3. The van der Waals surface area contributed by atoms with Gasteiger partial charge in [0, 0.05) is 11.4 Å². The minimum atomic E-state index is -4.13. The zero-order valence-electron chi connectivity index (χ0n) is 11.3. The highest BCUT2D eigenvalue weighted by atomic mass is 32.1. The average Bonchev–Trinajstić information content (AvgIpc) is 2.76. The minimum Gasteiger partial charge on any atom is -0.368 e. The Morgan fingerprint density at radius 2 is 2.05 bits per heavy atom. The minimum absolute atomic E-state index is 0.220. The van der Waals surface area contributed by atoms with Gasteiger partial charge in [0.05, 0.1) is 12.3 Å². The van der Waals surface area contributed by atoms with Gasteiger partial charge in [-0.15, -0.1) is 11.3 Å². The molecule has 0 bridgehead atoms. The highest BCUT2D eigenvalue weighted by Gasteiger charge is 2.41. The van der Waals surface area contributed by atoms with Crippen molar-refractivity contribution in [1.82, 2.24) is 4.98 Å². The Labute approximate surface area is 119 Å². The maximum absolute atomic E-state index is 12.6. The molecule has 0 saturated heterocycles. The van der Waals surface area contributed by atoms with Gasteiger partial charge in [-0.3, -0.25) is 0 Å². The van der Waals surface area contributed by atoms with Gasteiger partial charge in [0.2, 0.25) is 0 Å². The number of thiazole rings is 1. The molecule has 1 aromatic rings. The molecule has 1 aromatic heterocycles. The van der Waals surface area contributed by atoms with Crippen molar-refractivity contribution in [2.24, 2.45) is 11.7 Å². The number of alkyl halides is 4. The van der Waals surface area contributed by atoms with Crippen molar-refractivity contribution in [3.05, 3.63) is 16.1 Å². The molecular formula is C12H18F4N2OS. The first-order valence-corrected chi connectivity index (χ1v) is 7.04. The Bertz CT molecular complexity index is 412. The van der Waals surface area contributed by atoms with E-state index >= 15 is 0 Å². The van der Waals surface area contributed by atoms with E-state index in [0.717, 1.165) is 6.42 Å². The summed E-state index contributed by atoms with van der Waals surface area (Å²) < 4.78 is 53.6. The molecule has 2 N–H and O–H groups in total. The van der Waals surface area contributed by atoms with Crippen molar-refractivity contribution >= 4 is 11.3 Å². The van der Waals surface area contributed by atoms with Crippen molar-refractivity contribution in [2.45, 2.75) is 45.3 Å². The SMILES string of the molecule is CC(C)CC(N)c1csc(COCC(F)(F)C(F)F)n1. The van der Waals surface area contributed by atoms with Crippen molar-refractivity contribution in [2.75, 3.05) is 6.61 Å². The summed E-state index contributed by atoms with van der Waals surface area (Å²) in [4.78, 5) is 4.16. The second kappa shape index (κ2) is 7.33. The van der Waals surface area contributed by atoms with Crippen LogP contribution in [0.5, 0.6) is 0 Å². The van der Waals surface area contributed by atoms with E-state index in [2.05, 4.69) is 9.72 Å². The van der Waals surface area contributed by atoms with Crippen LogP contribution in [0.4, 0.5) is 17.6 Å². The monoisotopic (exact) mass is 314 g/mol. The summed E-state index contributed by atoms with van der Waals surface area (Å²) in [5.74, 6) is -3.72. The van der Waals surface area contributed by atoms with Gasteiger partial charge >= 0.3 is 12.3 Å². The third-order valence-electron chi connectivity index (χ3n) is 2.51. The van der Waals surface area contributed by atoms with Crippen LogP contribution in [-0.2, 0) is 11.3 Å². The zero-order chi connectivity index (χ0) is 15.3. The highest BCUT2D eigenvalue weighted by molar-refractivity contribution is 7.09. The maximum atomic E-state index is 12.6. The summed E-state index contributed by atoms with van der Waals surface area (Å²) in [5, 5.41) is 2.18. The smallest absolute Gasteiger partial charge is 0.330 e. The molecule has 1 rings (SSSR count). The number of nitrogens with two attached hydrogens (primary N) is 1. The van der Waals surface area contributed by atoms with Crippen LogP contribution < -0.4 is 5.73 Å². The molecule has 0 spiro atoms. The number of hydrogen-bond donors (Lipinski definition) is 1. The van der Waals surface area contributed by atoms with Crippen LogP contribution in [0.3, 0.4) is 0 Å². The van der Waals surface area contributed by atoms with Crippen LogP contribution in [-0.4, -0.2) is 23.9 Å². The Morgan fingerprint density at radius 3 is 2.60 bits per heavy atom. The fourth-order valence-electron chi connectivity index (χ4n) is 1.53. The molecule has 8 heteroatoms. The van der Waals surface area contributed by atoms with Crippen LogP contribution in [0.25, 0.3) is 0 Å². The Kier molecular flexibility index (Phi) is 6.35. The van der Waals surface area contributed by atoms with E-state index in [1.165, 1.54) is 11.3 Å². The van der Waals surface area contributed by atoms with Gasteiger partial charge in [0.1, 0.15) is 11.6 Å². The Morgan fingerprint density at radius 1 is 1.40 bits per heavy atom. The van der Waals surface area contributed by atoms with E-state index in [0.29, 0.717) is 16.6 Å². The van der Waals surface area contributed by atoms with Gasteiger partial charge in [0.25, 0.3) is 0 Å². The lowest BCUT2D eigenvalue weighted by atomic mass is 10.0. The predicted molar refractivity (Wildman–Crippen MR) is 69.1 cm³/mol. The molecule has 1 atom stereocenters. The molecular weight excluding hydrogens is 296 g/mol. The average molecular weight is 314 g/mol. The van der Waals surface area contributed by atoms with Crippen molar-refractivity contribution < 1.29 is 22.3 Å². The normalized spacial score (nSPS) is 14.2. The van der Waals surface area contributed by atoms with Crippen LogP contribution in [0.15, 0.2) is 5.38 Å². The Hall–Kier alpha value is -0.730. The lowest BCUT2D eigenvalue weighted by Gasteiger charge is -2.14. The zero-order valence-corrected chi connectivity index (χ0v) is 12.1. The molecule has 0 aliphatic carbocycles. The number of aromatic nitrogens is 1. The third kappa shape index (κ3) is 5.34. The molecule has 0 saturated carbocycles. The van der Waals surface area contributed by atoms with Crippen molar-refractivity contribution in [1.29, 1.82) is 0 Å². The fourth-order valence-corrected chi connectivity index (χ4v) is 2.32. The fraction of sp³-hybridized carbons (Fsp3) is 0.750. The molecule has 20 heavy (non-hydrogen) atoms. The van der Waals surface area contributed by atoms with Crippen LogP contribution in [0, 0.1) is 5.92 Å². The molecule has 1 heterocycles. The van der Waals surface area contributed by atoms with Crippen LogP contribution in [0.2, 0.25) is 0 Å². The van der Waals surface area contributed by atoms with E-state index in [9.17, 15) is 17.6 Å². The van der Waals surface area contributed by atoms with Gasteiger partial charge < -0.3 is 10.5 Å². The molecule has 116 valence electrons.